The SMILES string of the molecule is Clc1ccc(Cn2c(CN3CCCN(Cc4ccc5c(c4)OCO5)CC3)nc3ccccc32)c(Cl)c1. The predicted molar refractivity (Wildman–Crippen MR) is 143 cm³/mol. The molecule has 4 aromatic rings. The second-order valence-corrected chi connectivity index (χ2v) is 10.3. The van der Waals surface area contributed by atoms with Gasteiger partial charge in [0.15, 0.2) is 11.5 Å². The van der Waals surface area contributed by atoms with E-state index in [1.165, 1.54) is 5.56 Å². The topological polar surface area (TPSA) is 42.8 Å². The molecule has 6 rings (SSSR count). The summed E-state index contributed by atoms with van der Waals surface area (Å²) < 4.78 is 13.3. The van der Waals surface area contributed by atoms with E-state index in [1.54, 1.807) is 6.07 Å². The summed E-state index contributed by atoms with van der Waals surface area (Å²) >= 11 is 12.7. The van der Waals surface area contributed by atoms with Crippen molar-refractivity contribution in [1.82, 2.24) is 19.4 Å². The lowest BCUT2D eigenvalue weighted by atomic mass is 10.2. The summed E-state index contributed by atoms with van der Waals surface area (Å²) in [6.45, 7) is 6.82. The van der Waals surface area contributed by atoms with Gasteiger partial charge in [-0.05, 0) is 67.0 Å². The number of benzene rings is 3. The maximum Gasteiger partial charge on any atom is 0.231 e. The van der Waals surface area contributed by atoms with Gasteiger partial charge in [0.25, 0.3) is 0 Å². The number of nitrogens with zero attached hydrogens (tertiary/aromatic N) is 4. The number of hydrogen-bond donors (Lipinski definition) is 0. The van der Waals surface area contributed by atoms with Gasteiger partial charge >= 0.3 is 0 Å². The molecule has 0 spiro atoms. The molecule has 1 aromatic heterocycles. The molecule has 0 unspecified atom stereocenters. The van der Waals surface area contributed by atoms with Crippen LogP contribution in [0.1, 0.15) is 23.4 Å². The number of fused-ring (bicyclic) bond motifs is 2. The van der Waals surface area contributed by atoms with Crippen molar-refractivity contribution in [2.75, 3.05) is 33.0 Å². The minimum Gasteiger partial charge on any atom is -0.454 e. The van der Waals surface area contributed by atoms with Crippen molar-refractivity contribution in [3.05, 3.63) is 87.7 Å². The van der Waals surface area contributed by atoms with Crippen molar-refractivity contribution in [2.45, 2.75) is 26.1 Å². The van der Waals surface area contributed by atoms with Gasteiger partial charge in [0.1, 0.15) is 5.82 Å². The normalized spacial score (nSPS) is 16.5. The molecule has 0 amide bonds. The molecule has 1 saturated heterocycles. The van der Waals surface area contributed by atoms with E-state index >= 15 is 0 Å². The first-order valence-electron chi connectivity index (χ1n) is 12.3. The Balaban J connectivity index is 1.17. The van der Waals surface area contributed by atoms with Crippen LogP contribution in [-0.4, -0.2) is 52.3 Å². The Morgan fingerprint density at radius 3 is 2.44 bits per heavy atom. The molecule has 8 heteroatoms. The fourth-order valence-corrected chi connectivity index (χ4v) is 5.55. The van der Waals surface area contributed by atoms with Gasteiger partial charge in [-0.25, -0.2) is 4.98 Å². The first-order chi connectivity index (χ1) is 17.6. The largest absolute Gasteiger partial charge is 0.454 e. The number of aromatic nitrogens is 2. The van der Waals surface area contributed by atoms with E-state index in [2.05, 4.69) is 44.7 Å². The molecule has 2 aliphatic heterocycles. The lowest BCUT2D eigenvalue weighted by Crippen LogP contribution is -2.31. The molecular formula is C28H28Cl2N4O2. The van der Waals surface area contributed by atoms with Gasteiger partial charge in [-0.2, -0.15) is 0 Å². The highest BCUT2D eigenvalue weighted by molar-refractivity contribution is 6.35. The summed E-state index contributed by atoms with van der Waals surface area (Å²) in [6.07, 6.45) is 1.12. The molecule has 3 heterocycles. The van der Waals surface area contributed by atoms with E-state index in [-0.39, 0.29) is 0 Å². The molecule has 186 valence electrons. The van der Waals surface area contributed by atoms with Crippen molar-refractivity contribution in [3.63, 3.8) is 0 Å². The van der Waals surface area contributed by atoms with Crippen LogP contribution in [0.5, 0.6) is 11.5 Å². The van der Waals surface area contributed by atoms with Crippen LogP contribution in [0.15, 0.2) is 60.7 Å². The van der Waals surface area contributed by atoms with Crippen molar-refractivity contribution < 1.29 is 9.47 Å². The van der Waals surface area contributed by atoms with Gasteiger partial charge in [0, 0.05) is 29.7 Å². The van der Waals surface area contributed by atoms with Gasteiger partial charge in [-0.3, -0.25) is 9.80 Å². The number of ether oxygens (including phenoxy) is 2. The summed E-state index contributed by atoms with van der Waals surface area (Å²) in [4.78, 5) is 10.1. The Bertz CT molecular complexity index is 1390. The highest BCUT2D eigenvalue weighted by Crippen LogP contribution is 2.33. The van der Waals surface area contributed by atoms with Crippen LogP contribution in [0.2, 0.25) is 10.0 Å². The van der Waals surface area contributed by atoms with Gasteiger partial charge in [-0.15, -0.1) is 0 Å². The number of rotatable bonds is 6. The number of para-hydroxylation sites is 2. The summed E-state index contributed by atoms with van der Waals surface area (Å²) in [7, 11) is 0. The van der Waals surface area contributed by atoms with Gasteiger partial charge < -0.3 is 14.0 Å². The predicted octanol–water partition coefficient (Wildman–Crippen LogP) is 5.83. The Morgan fingerprint density at radius 2 is 1.58 bits per heavy atom. The van der Waals surface area contributed by atoms with Crippen LogP contribution in [-0.2, 0) is 19.6 Å². The fourth-order valence-electron chi connectivity index (χ4n) is 5.08. The van der Waals surface area contributed by atoms with Crippen molar-refractivity contribution in [3.8, 4) is 11.5 Å². The van der Waals surface area contributed by atoms with E-state index in [4.69, 9.17) is 37.7 Å². The van der Waals surface area contributed by atoms with Crippen LogP contribution >= 0.6 is 23.2 Å². The third kappa shape index (κ3) is 5.04. The first kappa shape index (κ1) is 23.6. The van der Waals surface area contributed by atoms with E-state index in [0.29, 0.717) is 23.4 Å². The molecule has 3 aromatic carbocycles. The zero-order valence-electron chi connectivity index (χ0n) is 20.0. The van der Waals surface area contributed by atoms with Crippen LogP contribution in [0, 0.1) is 0 Å². The molecule has 0 bridgehead atoms. The van der Waals surface area contributed by atoms with E-state index in [1.807, 2.05) is 24.3 Å². The maximum atomic E-state index is 6.53. The molecule has 0 saturated carbocycles. The van der Waals surface area contributed by atoms with Crippen molar-refractivity contribution in [2.24, 2.45) is 0 Å². The number of halogens is 2. The summed E-state index contributed by atoms with van der Waals surface area (Å²) in [5.41, 5.74) is 4.43. The van der Waals surface area contributed by atoms with Gasteiger partial charge in [0.05, 0.1) is 24.1 Å². The molecule has 0 aliphatic carbocycles. The van der Waals surface area contributed by atoms with Crippen molar-refractivity contribution in [1.29, 1.82) is 0 Å². The van der Waals surface area contributed by atoms with Crippen LogP contribution in [0.4, 0.5) is 0 Å². The molecule has 0 atom stereocenters. The summed E-state index contributed by atoms with van der Waals surface area (Å²) in [6, 6.07) is 20.3. The zero-order chi connectivity index (χ0) is 24.5. The minimum absolute atomic E-state index is 0.312. The molecular weight excluding hydrogens is 495 g/mol. The third-order valence-corrected chi connectivity index (χ3v) is 7.55. The molecule has 1 fully saturated rings. The van der Waals surface area contributed by atoms with E-state index in [0.717, 1.165) is 79.6 Å². The molecule has 0 radical (unpaired) electrons. The monoisotopic (exact) mass is 522 g/mol. The molecule has 6 nitrogen and oxygen atoms in total. The molecule has 0 N–H and O–H groups in total. The fraction of sp³-hybridized carbons (Fsp3) is 0.321. The average Bonchev–Trinajstić information content (AvgIpc) is 3.40. The Hall–Kier alpha value is -2.77. The quantitative estimate of drug-likeness (QED) is 0.318. The lowest BCUT2D eigenvalue weighted by Gasteiger charge is -2.22. The maximum absolute atomic E-state index is 6.53. The number of hydrogen-bond acceptors (Lipinski definition) is 5. The van der Waals surface area contributed by atoms with Gasteiger partial charge in [0.2, 0.25) is 6.79 Å². The smallest absolute Gasteiger partial charge is 0.231 e. The second kappa shape index (κ2) is 10.3. The highest BCUT2D eigenvalue weighted by Gasteiger charge is 2.20. The average molecular weight is 523 g/mol. The highest BCUT2D eigenvalue weighted by atomic mass is 35.5. The van der Waals surface area contributed by atoms with Crippen LogP contribution < -0.4 is 9.47 Å². The minimum atomic E-state index is 0.312. The van der Waals surface area contributed by atoms with E-state index in [9.17, 15) is 0 Å². The van der Waals surface area contributed by atoms with Gasteiger partial charge in [-0.1, -0.05) is 47.5 Å². The standard InChI is InChI=1S/C28H28Cl2N4O2/c29-22-8-7-21(23(30)15-22)17-34-25-5-2-1-4-24(25)31-28(34)18-33-11-3-10-32(12-13-33)16-20-6-9-26-27(14-20)36-19-35-26/h1-2,4-9,14-15H,3,10-13,16-19H2. The lowest BCUT2D eigenvalue weighted by molar-refractivity contribution is 0.174. The van der Waals surface area contributed by atoms with E-state index < -0.39 is 0 Å². The number of imidazole rings is 1. The Morgan fingerprint density at radius 1 is 0.778 bits per heavy atom. The van der Waals surface area contributed by atoms with Crippen LogP contribution in [0.3, 0.4) is 0 Å². The third-order valence-electron chi connectivity index (χ3n) is 6.97. The Kier molecular flexibility index (Phi) is 6.76. The second-order valence-electron chi connectivity index (χ2n) is 9.43. The van der Waals surface area contributed by atoms with Crippen molar-refractivity contribution >= 4 is 34.2 Å². The first-order valence-corrected chi connectivity index (χ1v) is 13.1. The zero-order valence-corrected chi connectivity index (χ0v) is 21.5. The molecule has 2 aliphatic rings. The summed E-state index contributed by atoms with van der Waals surface area (Å²) in [5, 5.41) is 1.33. The molecule has 36 heavy (non-hydrogen) atoms. The summed E-state index contributed by atoms with van der Waals surface area (Å²) in [5.74, 6) is 2.75. The van der Waals surface area contributed by atoms with Crippen LogP contribution in [0.25, 0.3) is 11.0 Å². The Labute approximate surface area is 220 Å².